The number of hydrogen-bond acceptors (Lipinski definition) is 8. The van der Waals surface area contributed by atoms with Crippen molar-refractivity contribution in [3.8, 4) is 0 Å². The first-order valence-corrected chi connectivity index (χ1v) is 23.5. The second-order valence-corrected chi connectivity index (χ2v) is 16.8. The number of unbranched alkanes of at least 4 members (excludes halogenated alkanes) is 18. The van der Waals surface area contributed by atoms with E-state index in [-0.39, 0.29) is 36.5 Å². The molecule has 0 N–H and O–H groups in total. The van der Waals surface area contributed by atoms with Gasteiger partial charge < -0.3 is 24.0 Å². The predicted molar refractivity (Wildman–Crippen MR) is 232 cm³/mol. The third-order valence-electron chi connectivity index (χ3n) is 10.8. The van der Waals surface area contributed by atoms with Crippen molar-refractivity contribution in [3.63, 3.8) is 0 Å². The van der Waals surface area contributed by atoms with Crippen molar-refractivity contribution in [2.24, 2.45) is 5.92 Å². The molecule has 9 nitrogen and oxygen atoms in total. The van der Waals surface area contributed by atoms with E-state index in [2.05, 4.69) is 25.7 Å². The van der Waals surface area contributed by atoms with Gasteiger partial charge in [0, 0.05) is 26.3 Å². The molecule has 0 heterocycles. The van der Waals surface area contributed by atoms with Gasteiger partial charge in [0.1, 0.15) is 12.6 Å². The van der Waals surface area contributed by atoms with Gasteiger partial charge >= 0.3 is 17.9 Å². The van der Waals surface area contributed by atoms with Gasteiger partial charge in [-0.05, 0) is 104 Å². The molecular formula is C47H90N2O7. The van der Waals surface area contributed by atoms with Crippen molar-refractivity contribution in [3.05, 3.63) is 0 Å². The third-order valence-corrected chi connectivity index (χ3v) is 10.8. The molecular weight excluding hydrogens is 705 g/mol. The Morgan fingerprint density at radius 2 is 0.893 bits per heavy atom. The van der Waals surface area contributed by atoms with Crippen molar-refractivity contribution in [2.45, 2.75) is 226 Å². The Morgan fingerprint density at radius 3 is 1.43 bits per heavy atom. The summed E-state index contributed by atoms with van der Waals surface area (Å²) in [5.41, 5.74) is 0. The van der Waals surface area contributed by atoms with E-state index >= 15 is 0 Å². The highest BCUT2D eigenvalue weighted by Crippen LogP contribution is 2.23. The van der Waals surface area contributed by atoms with Crippen LogP contribution in [0.1, 0.15) is 220 Å². The largest absolute Gasteiger partial charge is 0.466 e. The van der Waals surface area contributed by atoms with Crippen molar-refractivity contribution in [2.75, 3.05) is 47.4 Å². The minimum atomic E-state index is -0.357. The van der Waals surface area contributed by atoms with Gasteiger partial charge in [-0.15, -0.1) is 0 Å². The SMILES string of the molecule is CCCCCCCCCC(=O)OCCCCCC(CCCCCOC(=O)CN(C)C(=O)CC(CCCCCC)CCCCCCCC)OC(=O)CCCN(C)C. The van der Waals surface area contributed by atoms with Gasteiger partial charge in [-0.25, -0.2) is 0 Å². The number of ether oxygens (including phenoxy) is 3. The molecule has 0 radical (unpaired) electrons. The molecule has 9 heteroatoms. The van der Waals surface area contributed by atoms with Crippen LogP contribution in [0.25, 0.3) is 0 Å². The summed E-state index contributed by atoms with van der Waals surface area (Å²) in [5.74, 6) is -0.169. The van der Waals surface area contributed by atoms with E-state index < -0.39 is 0 Å². The summed E-state index contributed by atoms with van der Waals surface area (Å²) in [7, 11) is 5.72. The minimum absolute atomic E-state index is 0.0113. The fraction of sp³-hybridized carbons (Fsp3) is 0.915. The maximum absolute atomic E-state index is 13.1. The molecule has 330 valence electrons. The minimum Gasteiger partial charge on any atom is -0.466 e. The Kier molecular flexibility index (Phi) is 38.1. The summed E-state index contributed by atoms with van der Waals surface area (Å²) in [4.78, 5) is 54.0. The quantitative estimate of drug-likeness (QED) is 0.0342. The number of hydrogen-bond donors (Lipinski definition) is 0. The number of likely N-dealkylation sites (N-methyl/N-ethyl adjacent to an activating group) is 1. The van der Waals surface area contributed by atoms with Crippen molar-refractivity contribution in [1.82, 2.24) is 9.80 Å². The molecule has 0 fully saturated rings. The summed E-state index contributed by atoms with van der Waals surface area (Å²) in [5, 5.41) is 0. The van der Waals surface area contributed by atoms with Gasteiger partial charge in [0.25, 0.3) is 0 Å². The molecule has 0 aromatic carbocycles. The lowest BCUT2D eigenvalue weighted by Crippen LogP contribution is -2.34. The molecule has 2 unspecified atom stereocenters. The Hall–Kier alpha value is -2.16. The summed E-state index contributed by atoms with van der Waals surface area (Å²) in [6.45, 7) is 8.29. The molecule has 1 amide bonds. The van der Waals surface area contributed by atoms with Crippen LogP contribution in [0.2, 0.25) is 0 Å². The summed E-state index contributed by atoms with van der Waals surface area (Å²) in [6, 6.07) is 0. The smallest absolute Gasteiger partial charge is 0.325 e. The molecule has 0 spiro atoms. The summed E-state index contributed by atoms with van der Waals surface area (Å²) in [6.07, 6.45) is 31.6. The van der Waals surface area contributed by atoms with Crippen LogP contribution in [0.4, 0.5) is 0 Å². The zero-order valence-corrected chi connectivity index (χ0v) is 37.7. The number of nitrogens with zero attached hydrogens (tertiary/aromatic N) is 2. The number of carbonyl (C=O) groups is 4. The van der Waals surface area contributed by atoms with Crippen molar-refractivity contribution in [1.29, 1.82) is 0 Å². The van der Waals surface area contributed by atoms with E-state index in [0.29, 0.717) is 38.4 Å². The number of carbonyl (C=O) groups excluding carboxylic acids is 4. The summed E-state index contributed by atoms with van der Waals surface area (Å²) >= 11 is 0. The van der Waals surface area contributed by atoms with Crippen LogP contribution in [0.5, 0.6) is 0 Å². The monoisotopic (exact) mass is 795 g/mol. The molecule has 0 aromatic heterocycles. The maximum atomic E-state index is 13.1. The van der Waals surface area contributed by atoms with Gasteiger partial charge in [0.15, 0.2) is 0 Å². The Balaban J connectivity index is 4.51. The summed E-state index contributed by atoms with van der Waals surface area (Å²) < 4.78 is 16.9. The van der Waals surface area contributed by atoms with Gasteiger partial charge in [0.05, 0.1) is 13.2 Å². The number of esters is 3. The fourth-order valence-electron chi connectivity index (χ4n) is 7.17. The highest BCUT2D eigenvalue weighted by molar-refractivity contribution is 5.82. The van der Waals surface area contributed by atoms with Crippen LogP contribution in [-0.2, 0) is 33.4 Å². The van der Waals surface area contributed by atoms with E-state index in [1.807, 2.05) is 14.1 Å². The lowest BCUT2D eigenvalue weighted by Gasteiger charge is -2.21. The second-order valence-electron chi connectivity index (χ2n) is 16.8. The van der Waals surface area contributed by atoms with Crippen LogP contribution in [0, 0.1) is 5.92 Å². The molecule has 2 atom stereocenters. The number of amides is 1. The van der Waals surface area contributed by atoms with Crippen LogP contribution in [-0.4, -0.2) is 87.2 Å². The lowest BCUT2D eigenvalue weighted by atomic mass is 9.91. The van der Waals surface area contributed by atoms with Crippen LogP contribution in [0.3, 0.4) is 0 Å². The van der Waals surface area contributed by atoms with Gasteiger partial charge in [0.2, 0.25) is 5.91 Å². The highest BCUT2D eigenvalue weighted by atomic mass is 16.5. The Bertz CT molecular complexity index is 943. The van der Waals surface area contributed by atoms with Crippen LogP contribution < -0.4 is 0 Å². The molecule has 0 rings (SSSR count). The number of rotatable bonds is 41. The van der Waals surface area contributed by atoms with Gasteiger partial charge in [-0.3, -0.25) is 19.2 Å². The molecule has 0 aromatic rings. The van der Waals surface area contributed by atoms with Crippen LogP contribution in [0.15, 0.2) is 0 Å². The molecule has 0 saturated carbocycles. The average molecular weight is 795 g/mol. The molecule has 56 heavy (non-hydrogen) atoms. The van der Waals surface area contributed by atoms with E-state index in [0.717, 1.165) is 90.0 Å². The van der Waals surface area contributed by atoms with Crippen molar-refractivity contribution >= 4 is 23.8 Å². The van der Waals surface area contributed by atoms with E-state index in [1.165, 1.54) is 96.3 Å². The third kappa shape index (κ3) is 36.2. The molecule has 0 aliphatic rings. The van der Waals surface area contributed by atoms with E-state index in [9.17, 15) is 19.2 Å². The standard InChI is InChI=1S/C47H90N2O7/c1-7-10-13-16-18-20-27-35-45(51)54-38-28-21-25-33-43(56-46(52)36-30-37-48(4)5)34-26-22-29-39-55-47(53)41-49(6)44(50)40-42(31-23-15-12-9-3)32-24-19-17-14-11-8-2/h42-43H,7-41H2,1-6H3. The second kappa shape index (κ2) is 39.7. The predicted octanol–water partition coefficient (Wildman–Crippen LogP) is 11.8. The molecule has 0 saturated heterocycles. The molecule has 0 aliphatic carbocycles. The van der Waals surface area contributed by atoms with E-state index in [4.69, 9.17) is 14.2 Å². The topological polar surface area (TPSA) is 102 Å². The van der Waals surface area contributed by atoms with Crippen LogP contribution >= 0.6 is 0 Å². The average Bonchev–Trinajstić information content (AvgIpc) is 3.16. The Morgan fingerprint density at radius 1 is 0.464 bits per heavy atom. The zero-order chi connectivity index (χ0) is 41.5. The first-order valence-electron chi connectivity index (χ1n) is 23.5. The zero-order valence-electron chi connectivity index (χ0n) is 37.7. The molecule has 0 aliphatic heterocycles. The maximum Gasteiger partial charge on any atom is 0.325 e. The molecule has 0 bridgehead atoms. The van der Waals surface area contributed by atoms with Crippen molar-refractivity contribution < 1.29 is 33.4 Å². The lowest BCUT2D eigenvalue weighted by molar-refractivity contribution is -0.150. The van der Waals surface area contributed by atoms with Gasteiger partial charge in [-0.1, -0.05) is 124 Å². The highest BCUT2D eigenvalue weighted by Gasteiger charge is 2.20. The first kappa shape index (κ1) is 53.8. The van der Waals surface area contributed by atoms with E-state index in [1.54, 1.807) is 11.9 Å². The first-order chi connectivity index (χ1) is 27.1. The van der Waals surface area contributed by atoms with Gasteiger partial charge in [-0.2, -0.15) is 0 Å². The fourth-order valence-corrected chi connectivity index (χ4v) is 7.17. The normalized spacial score (nSPS) is 12.4. The Labute approximate surface area is 345 Å².